The fourth-order valence-corrected chi connectivity index (χ4v) is 1.81. The molecule has 1 aromatic rings. The van der Waals surface area contributed by atoms with Crippen LogP contribution in [0.4, 0.5) is 0 Å². The van der Waals surface area contributed by atoms with Crippen LogP contribution in [-0.2, 0) is 0 Å². The molecule has 0 nitrogen and oxygen atoms in total. The van der Waals surface area contributed by atoms with E-state index in [1.165, 1.54) is 41.5 Å². The van der Waals surface area contributed by atoms with E-state index in [4.69, 9.17) is 0 Å². The molecular formula is C16H23. The van der Waals surface area contributed by atoms with E-state index in [2.05, 4.69) is 52.0 Å². The average Bonchev–Trinajstić information content (AvgIpc) is 2.25. The Balaban J connectivity index is 2.60. The van der Waals surface area contributed by atoms with Crippen molar-refractivity contribution in [1.82, 2.24) is 0 Å². The maximum Gasteiger partial charge on any atom is -0.0148 e. The van der Waals surface area contributed by atoms with Crippen molar-refractivity contribution in [2.75, 3.05) is 0 Å². The molecule has 16 heavy (non-hydrogen) atoms. The molecule has 1 radical (unpaired) electrons. The summed E-state index contributed by atoms with van der Waals surface area (Å²) >= 11 is 0. The lowest BCUT2D eigenvalue weighted by molar-refractivity contribution is 0.728. The number of allylic oxidation sites excluding steroid dienone is 1. The highest BCUT2D eigenvalue weighted by Crippen LogP contribution is 2.15. The molecule has 0 unspecified atom stereocenters. The average molecular weight is 215 g/mol. The summed E-state index contributed by atoms with van der Waals surface area (Å²) in [6.45, 7) is 8.76. The topological polar surface area (TPSA) is 0 Å². The molecule has 87 valence electrons. The first-order chi connectivity index (χ1) is 7.65. The van der Waals surface area contributed by atoms with Gasteiger partial charge in [0, 0.05) is 0 Å². The highest BCUT2D eigenvalue weighted by molar-refractivity contribution is 5.39. The highest BCUT2D eigenvalue weighted by atomic mass is 14.0. The zero-order valence-electron chi connectivity index (χ0n) is 11.1. The Morgan fingerprint density at radius 3 is 2.25 bits per heavy atom. The monoisotopic (exact) mass is 215 g/mol. The molecular weight excluding hydrogens is 192 g/mol. The lowest BCUT2D eigenvalue weighted by atomic mass is 10.0. The minimum atomic E-state index is 1.15. The quantitative estimate of drug-likeness (QED) is 0.613. The second kappa shape index (κ2) is 6.52. The van der Waals surface area contributed by atoms with Crippen LogP contribution in [-0.4, -0.2) is 0 Å². The van der Waals surface area contributed by atoms with Gasteiger partial charge in [-0.15, -0.1) is 0 Å². The van der Waals surface area contributed by atoms with Crippen molar-refractivity contribution in [3.05, 3.63) is 46.5 Å². The van der Waals surface area contributed by atoms with Crippen molar-refractivity contribution >= 4 is 0 Å². The third kappa shape index (κ3) is 3.84. The molecule has 0 amide bonds. The molecule has 0 spiro atoms. The predicted octanol–water partition coefficient (Wildman–Crippen LogP) is 4.90. The number of aryl methyl sites for hydroxylation is 2. The molecule has 0 aromatic heterocycles. The van der Waals surface area contributed by atoms with Gasteiger partial charge in [0.15, 0.2) is 0 Å². The van der Waals surface area contributed by atoms with Crippen LogP contribution >= 0.6 is 0 Å². The summed E-state index contributed by atoms with van der Waals surface area (Å²) in [7, 11) is 0. The third-order valence-electron chi connectivity index (χ3n) is 3.15. The Morgan fingerprint density at radius 2 is 1.69 bits per heavy atom. The molecule has 0 saturated heterocycles. The molecule has 1 rings (SSSR count). The molecule has 1 aromatic carbocycles. The minimum Gasteiger partial charge on any atom is -0.0760 e. The molecule has 0 N–H and O–H groups in total. The Kier molecular flexibility index (Phi) is 5.31. The third-order valence-corrected chi connectivity index (χ3v) is 3.15. The molecule has 0 heterocycles. The van der Waals surface area contributed by atoms with Gasteiger partial charge in [-0.25, -0.2) is 0 Å². The lowest BCUT2D eigenvalue weighted by Gasteiger charge is -2.05. The number of hydrogen-bond acceptors (Lipinski definition) is 0. The molecule has 0 atom stereocenters. The first-order valence-corrected chi connectivity index (χ1v) is 6.31. The second-order valence-corrected chi connectivity index (χ2v) is 4.58. The van der Waals surface area contributed by atoms with Crippen LogP contribution in [0.3, 0.4) is 0 Å². The van der Waals surface area contributed by atoms with Gasteiger partial charge in [-0.05, 0) is 61.9 Å². The molecule has 0 aliphatic rings. The number of rotatable bonds is 5. The lowest BCUT2D eigenvalue weighted by Crippen LogP contribution is -1.88. The molecule has 0 fully saturated rings. The van der Waals surface area contributed by atoms with Gasteiger partial charge in [0.25, 0.3) is 0 Å². The van der Waals surface area contributed by atoms with Crippen LogP contribution in [0.15, 0.2) is 18.2 Å². The van der Waals surface area contributed by atoms with Crippen LogP contribution < -0.4 is 0 Å². The fraction of sp³-hybridized carbons (Fsp3) is 0.500. The maximum absolute atomic E-state index is 3.39. The van der Waals surface area contributed by atoms with Crippen LogP contribution in [0, 0.1) is 26.8 Å². The van der Waals surface area contributed by atoms with Gasteiger partial charge in [0.2, 0.25) is 0 Å². The summed E-state index contributed by atoms with van der Waals surface area (Å²) < 4.78 is 0. The van der Waals surface area contributed by atoms with Crippen molar-refractivity contribution in [3.63, 3.8) is 0 Å². The first kappa shape index (κ1) is 13.0. The smallest absolute Gasteiger partial charge is 0.0148 e. The molecule has 0 bridgehead atoms. The van der Waals surface area contributed by atoms with Crippen molar-refractivity contribution < 1.29 is 0 Å². The predicted molar refractivity (Wildman–Crippen MR) is 71.7 cm³/mol. The minimum absolute atomic E-state index is 1.15. The highest BCUT2D eigenvalue weighted by Gasteiger charge is 1.98. The fourth-order valence-electron chi connectivity index (χ4n) is 1.81. The SMILES string of the molecule is CCCCC/C=[C]\c1cc(C)c(C)c(C)c1. The van der Waals surface area contributed by atoms with Crippen LogP contribution in [0.5, 0.6) is 0 Å². The van der Waals surface area contributed by atoms with Gasteiger partial charge >= 0.3 is 0 Å². The van der Waals surface area contributed by atoms with Crippen molar-refractivity contribution in [2.45, 2.75) is 53.4 Å². The Morgan fingerprint density at radius 1 is 1.06 bits per heavy atom. The summed E-state index contributed by atoms with van der Waals surface area (Å²) in [6, 6.07) is 4.44. The Bertz CT molecular complexity index is 335. The zero-order chi connectivity index (χ0) is 12.0. The van der Waals surface area contributed by atoms with E-state index in [-0.39, 0.29) is 0 Å². The summed E-state index contributed by atoms with van der Waals surface area (Å²) in [5.74, 6) is 0. The molecule has 0 heteroatoms. The van der Waals surface area contributed by atoms with Crippen molar-refractivity contribution in [2.24, 2.45) is 0 Å². The van der Waals surface area contributed by atoms with E-state index < -0.39 is 0 Å². The van der Waals surface area contributed by atoms with Crippen molar-refractivity contribution in [1.29, 1.82) is 0 Å². The van der Waals surface area contributed by atoms with E-state index in [1.807, 2.05) is 0 Å². The summed E-state index contributed by atoms with van der Waals surface area (Å²) in [5, 5.41) is 0. The number of benzene rings is 1. The van der Waals surface area contributed by atoms with Gasteiger partial charge in [0.05, 0.1) is 0 Å². The molecule has 0 aliphatic carbocycles. The normalized spacial score (nSPS) is 11.2. The van der Waals surface area contributed by atoms with E-state index in [9.17, 15) is 0 Å². The Hall–Kier alpha value is -1.04. The zero-order valence-corrected chi connectivity index (χ0v) is 11.1. The van der Waals surface area contributed by atoms with Gasteiger partial charge in [0.1, 0.15) is 0 Å². The number of unbranched alkanes of at least 4 members (excludes halogenated alkanes) is 3. The van der Waals surface area contributed by atoms with Crippen molar-refractivity contribution in [3.8, 4) is 0 Å². The summed E-state index contributed by atoms with van der Waals surface area (Å²) in [6.07, 6.45) is 10.6. The van der Waals surface area contributed by atoms with Gasteiger partial charge in [-0.2, -0.15) is 0 Å². The molecule has 0 saturated carbocycles. The standard InChI is InChI=1S/C16H23/c1-5-6-7-8-9-10-16-11-13(2)15(4)14(3)12-16/h9,11-12H,5-8H2,1-4H3. The van der Waals surface area contributed by atoms with E-state index in [0.717, 1.165) is 6.42 Å². The number of hydrogen-bond donors (Lipinski definition) is 0. The second-order valence-electron chi connectivity index (χ2n) is 4.58. The van der Waals surface area contributed by atoms with E-state index in [1.54, 1.807) is 0 Å². The first-order valence-electron chi connectivity index (χ1n) is 6.31. The Labute approximate surface area is 100 Å². The van der Waals surface area contributed by atoms with E-state index >= 15 is 0 Å². The van der Waals surface area contributed by atoms with Crippen LogP contribution in [0.2, 0.25) is 0 Å². The van der Waals surface area contributed by atoms with Crippen LogP contribution in [0.25, 0.3) is 0 Å². The molecule has 0 aliphatic heterocycles. The largest absolute Gasteiger partial charge is 0.0760 e. The van der Waals surface area contributed by atoms with Gasteiger partial charge in [-0.3, -0.25) is 0 Å². The maximum atomic E-state index is 3.39. The summed E-state index contributed by atoms with van der Waals surface area (Å²) in [5.41, 5.74) is 5.35. The van der Waals surface area contributed by atoms with Gasteiger partial charge in [-0.1, -0.05) is 38.0 Å². The van der Waals surface area contributed by atoms with Gasteiger partial charge < -0.3 is 0 Å². The summed E-state index contributed by atoms with van der Waals surface area (Å²) in [4.78, 5) is 0. The van der Waals surface area contributed by atoms with Crippen LogP contribution in [0.1, 0.15) is 54.9 Å². The van der Waals surface area contributed by atoms with E-state index in [0.29, 0.717) is 0 Å².